The third-order valence-electron chi connectivity index (χ3n) is 3.85. The number of nitrogens with one attached hydrogen (secondary N) is 1. The van der Waals surface area contributed by atoms with Crippen molar-refractivity contribution in [3.05, 3.63) is 47.5 Å². The Morgan fingerprint density at radius 2 is 2.07 bits per heavy atom. The minimum atomic E-state index is -0.108. The zero-order valence-electron chi connectivity index (χ0n) is 15.5. The summed E-state index contributed by atoms with van der Waals surface area (Å²) in [6.45, 7) is 4.47. The quantitative estimate of drug-likeness (QED) is 0.662. The second-order valence-electron chi connectivity index (χ2n) is 6.00. The largest absolute Gasteiger partial charge is 0.486 e. The zero-order chi connectivity index (χ0) is 19.2. The average Bonchev–Trinajstić information content (AvgIpc) is 3.05. The van der Waals surface area contributed by atoms with Crippen LogP contribution < -0.4 is 14.8 Å². The van der Waals surface area contributed by atoms with Crippen molar-refractivity contribution >= 4 is 39.2 Å². The highest BCUT2D eigenvalue weighted by molar-refractivity contribution is 7.98. The smallest absolute Gasteiger partial charge is 0.217 e. The number of thioether (sulfide) groups is 1. The fourth-order valence-corrected chi connectivity index (χ4v) is 3.95. The minimum Gasteiger partial charge on any atom is -0.486 e. The average molecular weight is 403 g/mol. The van der Waals surface area contributed by atoms with Gasteiger partial charge < -0.3 is 14.8 Å². The van der Waals surface area contributed by atoms with Gasteiger partial charge in [0.1, 0.15) is 12.7 Å². The summed E-state index contributed by atoms with van der Waals surface area (Å²) in [7, 11) is 0. The van der Waals surface area contributed by atoms with Crippen LogP contribution in [0.5, 0.6) is 11.5 Å². The van der Waals surface area contributed by atoms with Crippen LogP contribution in [0.15, 0.2) is 47.4 Å². The van der Waals surface area contributed by atoms with E-state index in [-0.39, 0.29) is 12.0 Å². The summed E-state index contributed by atoms with van der Waals surface area (Å²) >= 11 is 3.53. The van der Waals surface area contributed by atoms with Gasteiger partial charge >= 0.3 is 0 Å². The zero-order valence-corrected chi connectivity index (χ0v) is 17.2. The van der Waals surface area contributed by atoms with Crippen molar-refractivity contribution < 1.29 is 14.3 Å². The van der Waals surface area contributed by atoms with Gasteiger partial charge in [0, 0.05) is 11.8 Å². The monoisotopic (exact) mass is 402 g/mol. The van der Waals surface area contributed by atoms with Crippen molar-refractivity contribution in [2.24, 2.45) is 0 Å². The number of hydrogen-bond acceptors (Lipinski definition) is 6. The number of thiazole rings is 1. The highest BCUT2D eigenvalue weighted by atomic mass is 32.2. The SMILES string of the molecule is CC(=O)NCC1COc2ccccc2O1.CSc1ccc2nc(C)sc2c1. The fraction of sp³-hybridized carbons (Fsp3) is 0.300. The second-order valence-corrected chi connectivity index (χ2v) is 8.12. The molecule has 0 saturated carbocycles. The lowest BCUT2D eigenvalue weighted by molar-refractivity contribution is -0.119. The number of aromatic nitrogens is 1. The van der Waals surface area contributed by atoms with Crippen molar-refractivity contribution in [2.75, 3.05) is 19.4 Å². The number of nitrogens with zero attached hydrogens (tertiary/aromatic N) is 1. The van der Waals surface area contributed by atoms with E-state index in [0.29, 0.717) is 13.2 Å². The summed E-state index contributed by atoms with van der Waals surface area (Å²) in [4.78, 5) is 16.4. The maximum atomic E-state index is 10.7. The second kappa shape index (κ2) is 9.10. The molecular formula is C20H22N2O3S2. The maximum Gasteiger partial charge on any atom is 0.217 e. The van der Waals surface area contributed by atoms with Gasteiger partial charge in [0.05, 0.1) is 21.8 Å². The molecule has 2 aromatic carbocycles. The van der Waals surface area contributed by atoms with E-state index < -0.39 is 0 Å². The van der Waals surface area contributed by atoms with Gasteiger partial charge in [0.2, 0.25) is 5.91 Å². The molecule has 1 atom stereocenters. The normalized spacial score (nSPS) is 15.0. The Bertz CT molecular complexity index is 926. The molecule has 5 nitrogen and oxygen atoms in total. The van der Waals surface area contributed by atoms with Gasteiger partial charge in [-0.25, -0.2) is 4.98 Å². The number of amides is 1. The van der Waals surface area contributed by atoms with E-state index in [1.54, 1.807) is 23.1 Å². The van der Waals surface area contributed by atoms with E-state index in [0.717, 1.165) is 22.0 Å². The van der Waals surface area contributed by atoms with Crippen LogP contribution in [-0.2, 0) is 4.79 Å². The van der Waals surface area contributed by atoms with Crippen molar-refractivity contribution in [3.8, 4) is 11.5 Å². The summed E-state index contributed by atoms with van der Waals surface area (Å²) < 4.78 is 12.4. The van der Waals surface area contributed by atoms with Crippen molar-refractivity contribution in [2.45, 2.75) is 24.8 Å². The summed E-state index contributed by atoms with van der Waals surface area (Å²) in [5.74, 6) is 1.44. The molecule has 3 aromatic rings. The van der Waals surface area contributed by atoms with Gasteiger partial charge in [0.25, 0.3) is 0 Å². The first kappa shape index (κ1) is 19.5. The molecule has 1 aliphatic heterocycles. The fourth-order valence-electron chi connectivity index (χ4n) is 2.57. The number of ether oxygens (including phenoxy) is 2. The van der Waals surface area contributed by atoms with Gasteiger partial charge in [-0.15, -0.1) is 23.1 Å². The van der Waals surface area contributed by atoms with Crippen LogP contribution in [0.25, 0.3) is 10.2 Å². The van der Waals surface area contributed by atoms with Crippen molar-refractivity contribution in [3.63, 3.8) is 0 Å². The molecule has 0 bridgehead atoms. The van der Waals surface area contributed by atoms with Crippen LogP contribution in [0.3, 0.4) is 0 Å². The predicted octanol–water partition coefficient (Wildman–Crippen LogP) is 4.29. The molecule has 2 heterocycles. The van der Waals surface area contributed by atoms with Crippen molar-refractivity contribution in [1.29, 1.82) is 0 Å². The van der Waals surface area contributed by atoms with Crippen LogP contribution >= 0.6 is 23.1 Å². The van der Waals surface area contributed by atoms with E-state index in [2.05, 4.69) is 34.8 Å². The molecule has 142 valence electrons. The number of carbonyl (C=O) groups is 1. The highest BCUT2D eigenvalue weighted by Gasteiger charge is 2.20. The van der Waals surface area contributed by atoms with Crippen LogP contribution in [0.2, 0.25) is 0 Å². The first-order valence-electron chi connectivity index (χ1n) is 8.59. The number of aryl methyl sites for hydroxylation is 1. The summed E-state index contributed by atoms with van der Waals surface area (Å²) in [5, 5.41) is 3.84. The summed E-state index contributed by atoms with van der Waals surface area (Å²) in [6.07, 6.45) is 1.98. The number of benzene rings is 2. The Kier molecular flexibility index (Phi) is 6.58. The van der Waals surface area contributed by atoms with Gasteiger partial charge in [0.15, 0.2) is 11.5 Å². The van der Waals surface area contributed by atoms with E-state index in [1.165, 1.54) is 16.5 Å². The third kappa shape index (κ3) is 5.37. The number of rotatable bonds is 3. The molecule has 1 unspecified atom stereocenters. The lowest BCUT2D eigenvalue weighted by Crippen LogP contribution is -2.39. The lowest BCUT2D eigenvalue weighted by Gasteiger charge is -2.26. The molecular weight excluding hydrogens is 380 g/mol. The van der Waals surface area contributed by atoms with Gasteiger partial charge in [-0.05, 0) is 43.5 Å². The Morgan fingerprint density at radius 1 is 1.30 bits per heavy atom. The van der Waals surface area contributed by atoms with Gasteiger partial charge in [-0.2, -0.15) is 0 Å². The highest BCUT2D eigenvalue weighted by Crippen LogP contribution is 2.30. The molecule has 0 aliphatic carbocycles. The maximum absolute atomic E-state index is 10.7. The van der Waals surface area contributed by atoms with E-state index in [4.69, 9.17) is 9.47 Å². The van der Waals surface area contributed by atoms with Crippen LogP contribution in [-0.4, -0.2) is 36.4 Å². The van der Waals surface area contributed by atoms with Crippen LogP contribution in [0, 0.1) is 6.92 Å². The molecule has 27 heavy (non-hydrogen) atoms. The molecule has 1 N–H and O–H groups in total. The van der Waals surface area contributed by atoms with Crippen molar-refractivity contribution in [1.82, 2.24) is 10.3 Å². The van der Waals surface area contributed by atoms with Crippen LogP contribution in [0.4, 0.5) is 0 Å². The molecule has 0 radical (unpaired) electrons. The standard InChI is InChI=1S/C11H13NO3.C9H9NS2/c1-8(13)12-6-9-7-14-10-4-2-3-5-11(10)15-9;1-6-10-8-4-3-7(11-2)5-9(8)12-6/h2-5,9H,6-7H2,1H3,(H,12,13);3-5H,1-2H3. The summed E-state index contributed by atoms with van der Waals surface area (Å²) in [6, 6.07) is 13.9. The Morgan fingerprint density at radius 3 is 2.81 bits per heavy atom. The lowest BCUT2D eigenvalue weighted by atomic mass is 10.2. The molecule has 0 spiro atoms. The molecule has 0 saturated heterocycles. The molecule has 1 amide bonds. The molecule has 4 rings (SSSR count). The first-order valence-corrected chi connectivity index (χ1v) is 10.6. The number of para-hydroxylation sites is 2. The number of hydrogen-bond donors (Lipinski definition) is 1. The molecule has 1 aromatic heterocycles. The Labute approximate surface area is 167 Å². The van der Waals surface area contributed by atoms with E-state index in [9.17, 15) is 4.79 Å². The first-order chi connectivity index (χ1) is 13.0. The Hall–Kier alpha value is -2.25. The van der Waals surface area contributed by atoms with Gasteiger partial charge in [-0.1, -0.05) is 12.1 Å². The van der Waals surface area contributed by atoms with Gasteiger partial charge in [-0.3, -0.25) is 4.79 Å². The Balaban J connectivity index is 0.000000159. The summed E-state index contributed by atoms with van der Waals surface area (Å²) in [5.41, 5.74) is 1.12. The van der Waals surface area contributed by atoms with E-state index >= 15 is 0 Å². The minimum absolute atomic E-state index is 0.0579. The number of fused-ring (bicyclic) bond motifs is 2. The third-order valence-corrected chi connectivity index (χ3v) is 5.51. The van der Waals surface area contributed by atoms with E-state index in [1.807, 2.05) is 31.2 Å². The topological polar surface area (TPSA) is 60.5 Å². The molecule has 1 aliphatic rings. The number of carbonyl (C=O) groups excluding carboxylic acids is 1. The van der Waals surface area contributed by atoms with Crippen LogP contribution in [0.1, 0.15) is 11.9 Å². The molecule has 7 heteroatoms. The predicted molar refractivity (Wildman–Crippen MR) is 111 cm³/mol. The molecule has 0 fully saturated rings.